The van der Waals surface area contributed by atoms with Gasteiger partial charge in [-0.2, -0.15) is 0 Å². The van der Waals surface area contributed by atoms with Crippen LogP contribution in [0.3, 0.4) is 0 Å². The molecule has 0 aliphatic heterocycles. The summed E-state index contributed by atoms with van der Waals surface area (Å²) in [5.74, 6) is -1.88. The number of carbonyl (C=O) groups is 1. The summed E-state index contributed by atoms with van der Waals surface area (Å²) in [5, 5.41) is 11.8. The van der Waals surface area contributed by atoms with Gasteiger partial charge in [-0.1, -0.05) is 19.9 Å². The van der Waals surface area contributed by atoms with Crippen LogP contribution in [0.4, 0.5) is 8.78 Å². The van der Waals surface area contributed by atoms with Gasteiger partial charge in [0.25, 0.3) is 0 Å². The third-order valence-electron chi connectivity index (χ3n) is 2.97. The van der Waals surface area contributed by atoms with Gasteiger partial charge in [0, 0.05) is 6.42 Å². The van der Waals surface area contributed by atoms with Crippen molar-refractivity contribution in [2.24, 2.45) is 5.92 Å². The van der Waals surface area contributed by atoms with Gasteiger partial charge in [-0.15, -0.1) is 0 Å². The Morgan fingerprint density at radius 2 is 2.00 bits per heavy atom. The number of rotatable bonds is 6. The van der Waals surface area contributed by atoms with Gasteiger partial charge in [0.15, 0.2) is 11.6 Å². The average molecular weight is 271 g/mol. The molecule has 1 aromatic carbocycles. The minimum atomic E-state index is -0.909. The van der Waals surface area contributed by atoms with E-state index in [-0.39, 0.29) is 30.9 Å². The van der Waals surface area contributed by atoms with Crippen molar-refractivity contribution in [2.45, 2.75) is 32.7 Å². The number of hydrogen-bond donors (Lipinski definition) is 2. The Balaban J connectivity index is 2.47. The second kappa shape index (κ2) is 7.19. The number of aryl methyl sites for hydroxylation is 1. The van der Waals surface area contributed by atoms with Crippen molar-refractivity contribution in [1.29, 1.82) is 0 Å². The van der Waals surface area contributed by atoms with Gasteiger partial charge in [-0.3, -0.25) is 4.79 Å². The number of hydrogen-bond acceptors (Lipinski definition) is 2. The van der Waals surface area contributed by atoms with E-state index in [4.69, 9.17) is 5.11 Å². The molecule has 2 N–H and O–H groups in total. The quantitative estimate of drug-likeness (QED) is 0.831. The maximum atomic E-state index is 13.0. The van der Waals surface area contributed by atoms with Gasteiger partial charge < -0.3 is 10.4 Å². The highest BCUT2D eigenvalue weighted by molar-refractivity contribution is 5.76. The van der Waals surface area contributed by atoms with E-state index >= 15 is 0 Å². The molecule has 0 heterocycles. The van der Waals surface area contributed by atoms with E-state index in [9.17, 15) is 13.6 Å². The summed E-state index contributed by atoms with van der Waals surface area (Å²) in [6.07, 6.45) is 0.508. The molecule has 0 saturated carbocycles. The smallest absolute Gasteiger partial charge is 0.220 e. The first kappa shape index (κ1) is 15.6. The Bertz CT molecular complexity index is 435. The highest BCUT2D eigenvalue weighted by atomic mass is 19.2. The molecule has 19 heavy (non-hydrogen) atoms. The molecule has 3 nitrogen and oxygen atoms in total. The van der Waals surface area contributed by atoms with Crippen molar-refractivity contribution in [1.82, 2.24) is 5.32 Å². The second-order valence-corrected chi connectivity index (χ2v) is 4.85. The summed E-state index contributed by atoms with van der Waals surface area (Å²) in [4.78, 5) is 11.7. The summed E-state index contributed by atoms with van der Waals surface area (Å²) >= 11 is 0. The fourth-order valence-electron chi connectivity index (χ4n) is 1.66. The molecule has 106 valence electrons. The van der Waals surface area contributed by atoms with Crippen molar-refractivity contribution in [3.8, 4) is 0 Å². The average Bonchev–Trinajstić information content (AvgIpc) is 2.37. The van der Waals surface area contributed by atoms with Gasteiger partial charge in [0.1, 0.15) is 0 Å². The van der Waals surface area contributed by atoms with Gasteiger partial charge >= 0.3 is 0 Å². The molecule has 0 bridgehead atoms. The van der Waals surface area contributed by atoms with Crippen molar-refractivity contribution < 1.29 is 18.7 Å². The van der Waals surface area contributed by atoms with Crippen LogP contribution in [-0.4, -0.2) is 23.7 Å². The van der Waals surface area contributed by atoms with Crippen molar-refractivity contribution >= 4 is 5.91 Å². The van der Waals surface area contributed by atoms with Crippen LogP contribution in [0.1, 0.15) is 25.8 Å². The normalized spacial score (nSPS) is 12.5. The zero-order valence-electron chi connectivity index (χ0n) is 11.1. The van der Waals surface area contributed by atoms with E-state index < -0.39 is 11.6 Å². The lowest BCUT2D eigenvalue weighted by atomic mass is 10.0. The number of aliphatic hydroxyl groups excluding tert-OH is 1. The molecule has 0 radical (unpaired) electrons. The van der Waals surface area contributed by atoms with Crippen molar-refractivity contribution in [3.63, 3.8) is 0 Å². The zero-order chi connectivity index (χ0) is 14.4. The van der Waals surface area contributed by atoms with Crippen LogP contribution < -0.4 is 5.32 Å². The molecule has 0 spiro atoms. The monoisotopic (exact) mass is 271 g/mol. The Kier molecular flexibility index (Phi) is 5.89. The predicted octanol–water partition coefficient (Wildman–Crippen LogP) is 2.03. The Labute approximate surface area is 111 Å². The highest BCUT2D eigenvalue weighted by Crippen LogP contribution is 2.10. The van der Waals surface area contributed by atoms with Crippen LogP contribution in [0.5, 0.6) is 0 Å². The lowest BCUT2D eigenvalue weighted by Gasteiger charge is -2.19. The van der Waals surface area contributed by atoms with E-state index in [0.717, 1.165) is 12.1 Å². The highest BCUT2D eigenvalue weighted by Gasteiger charge is 2.14. The van der Waals surface area contributed by atoms with Gasteiger partial charge in [0.05, 0.1) is 12.6 Å². The molecule has 5 heteroatoms. The molecule has 0 aliphatic rings. The molecule has 0 fully saturated rings. The van der Waals surface area contributed by atoms with Crippen LogP contribution in [0, 0.1) is 17.6 Å². The van der Waals surface area contributed by atoms with E-state index in [1.807, 2.05) is 13.8 Å². The van der Waals surface area contributed by atoms with Gasteiger partial charge in [-0.05, 0) is 30.0 Å². The molecule has 0 saturated heterocycles. The fraction of sp³-hybridized carbons (Fsp3) is 0.500. The number of nitrogens with one attached hydrogen (secondary N) is 1. The van der Waals surface area contributed by atoms with E-state index in [2.05, 4.69) is 5.32 Å². The molecule has 0 aromatic heterocycles. The number of halogens is 2. The molecule has 1 amide bonds. The summed E-state index contributed by atoms with van der Waals surface area (Å²) in [7, 11) is 0. The maximum Gasteiger partial charge on any atom is 0.220 e. The third-order valence-corrected chi connectivity index (χ3v) is 2.97. The molecule has 0 unspecified atom stereocenters. The summed E-state index contributed by atoms with van der Waals surface area (Å²) in [5.41, 5.74) is 0.569. The lowest BCUT2D eigenvalue weighted by molar-refractivity contribution is -0.122. The first-order chi connectivity index (χ1) is 8.93. The van der Waals surface area contributed by atoms with Crippen LogP contribution in [0.15, 0.2) is 18.2 Å². The Morgan fingerprint density at radius 3 is 2.53 bits per heavy atom. The molecule has 1 rings (SSSR count). The topological polar surface area (TPSA) is 49.3 Å². The van der Waals surface area contributed by atoms with E-state index in [1.165, 1.54) is 6.07 Å². The minimum Gasteiger partial charge on any atom is -0.394 e. The second-order valence-electron chi connectivity index (χ2n) is 4.85. The SMILES string of the molecule is CC(C)[C@@H](CO)NC(=O)CCc1ccc(F)c(F)c1. The van der Waals surface area contributed by atoms with E-state index in [1.54, 1.807) is 0 Å². The van der Waals surface area contributed by atoms with Crippen LogP contribution >= 0.6 is 0 Å². The first-order valence-corrected chi connectivity index (χ1v) is 6.28. The zero-order valence-corrected chi connectivity index (χ0v) is 11.1. The van der Waals surface area contributed by atoms with Crippen LogP contribution in [-0.2, 0) is 11.2 Å². The summed E-state index contributed by atoms with van der Waals surface area (Å²) < 4.78 is 25.7. The number of amides is 1. The third kappa shape index (κ3) is 4.95. The minimum absolute atomic E-state index is 0.116. The molecular formula is C14H19F2NO2. The predicted molar refractivity (Wildman–Crippen MR) is 68.5 cm³/mol. The number of carbonyl (C=O) groups excluding carboxylic acids is 1. The van der Waals surface area contributed by atoms with Gasteiger partial charge in [-0.25, -0.2) is 8.78 Å². The standard InChI is InChI=1S/C14H19F2NO2/c1-9(2)13(8-18)17-14(19)6-4-10-3-5-11(15)12(16)7-10/h3,5,7,9,13,18H,4,6,8H2,1-2H3,(H,17,19)/t13-/m1/s1. The molecule has 0 aliphatic carbocycles. The van der Waals surface area contributed by atoms with Crippen molar-refractivity contribution in [3.05, 3.63) is 35.4 Å². The van der Waals surface area contributed by atoms with Gasteiger partial charge in [0.2, 0.25) is 5.91 Å². The van der Waals surface area contributed by atoms with Crippen LogP contribution in [0.2, 0.25) is 0 Å². The lowest BCUT2D eigenvalue weighted by Crippen LogP contribution is -2.41. The number of aliphatic hydroxyl groups is 1. The Morgan fingerprint density at radius 1 is 1.32 bits per heavy atom. The first-order valence-electron chi connectivity index (χ1n) is 6.28. The number of benzene rings is 1. The molecule has 1 atom stereocenters. The maximum absolute atomic E-state index is 13.0. The fourth-order valence-corrected chi connectivity index (χ4v) is 1.66. The Hall–Kier alpha value is -1.49. The summed E-state index contributed by atoms with van der Waals surface area (Å²) in [6.45, 7) is 3.68. The van der Waals surface area contributed by atoms with Crippen molar-refractivity contribution in [2.75, 3.05) is 6.61 Å². The van der Waals surface area contributed by atoms with Crippen LogP contribution in [0.25, 0.3) is 0 Å². The van der Waals surface area contributed by atoms with E-state index in [0.29, 0.717) is 12.0 Å². The largest absolute Gasteiger partial charge is 0.394 e. The molecule has 1 aromatic rings. The molecular weight excluding hydrogens is 252 g/mol. The summed E-state index contributed by atoms with van der Waals surface area (Å²) in [6, 6.07) is 3.32.